The number of aliphatic carboxylic acids is 1. The fourth-order valence-corrected chi connectivity index (χ4v) is 1.32. The maximum absolute atomic E-state index is 10.6. The number of phenols is 4. The standard InChI is InChI=1S/C9H11NO8/c10-7(8(15)16)9(17,18)4-2(11)1-3(12)5(13)6(4)14/h1,7,11-14,17-18H,10H2,(H,15,16). The van der Waals surface area contributed by atoms with Crippen LogP contribution in [0.1, 0.15) is 5.56 Å². The Morgan fingerprint density at radius 1 is 1.11 bits per heavy atom. The summed E-state index contributed by atoms with van der Waals surface area (Å²) in [4.78, 5) is 10.6. The predicted octanol–water partition coefficient (Wildman–Crippen LogP) is -1.94. The summed E-state index contributed by atoms with van der Waals surface area (Å²) in [5.74, 6) is -9.63. The Morgan fingerprint density at radius 2 is 1.61 bits per heavy atom. The quantitative estimate of drug-likeness (QED) is 0.174. The Kier molecular flexibility index (Phi) is 3.24. The smallest absolute Gasteiger partial charge is 0.326 e. The van der Waals surface area contributed by atoms with Crippen LogP contribution < -0.4 is 5.73 Å². The van der Waals surface area contributed by atoms with Crippen LogP contribution in [0.25, 0.3) is 0 Å². The van der Waals surface area contributed by atoms with Crippen LogP contribution >= 0.6 is 0 Å². The maximum atomic E-state index is 10.6. The van der Waals surface area contributed by atoms with Crippen LogP contribution in [0.4, 0.5) is 0 Å². The first-order valence-corrected chi connectivity index (χ1v) is 4.51. The highest BCUT2D eigenvalue weighted by Gasteiger charge is 2.44. The second-order valence-corrected chi connectivity index (χ2v) is 3.53. The number of nitrogens with two attached hydrogens (primary N) is 1. The maximum Gasteiger partial charge on any atom is 0.326 e. The van der Waals surface area contributed by atoms with Crippen molar-refractivity contribution < 1.29 is 40.5 Å². The second kappa shape index (κ2) is 4.22. The number of carbonyl (C=O) groups is 1. The zero-order valence-corrected chi connectivity index (χ0v) is 8.77. The molecule has 0 fully saturated rings. The van der Waals surface area contributed by atoms with Crippen molar-refractivity contribution in [2.75, 3.05) is 0 Å². The molecule has 0 aromatic heterocycles. The van der Waals surface area contributed by atoms with Crippen LogP contribution in [0.3, 0.4) is 0 Å². The summed E-state index contributed by atoms with van der Waals surface area (Å²) in [5.41, 5.74) is 3.85. The topological polar surface area (TPSA) is 185 Å². The summed E-state index contributed by atoms with van der Waals surface area (Å²) in [6.45, 7) is 0. The molecular weight excluding hydrogens is 250 g/mol. The summed E-state index contributed by atoms with van der Waals surface area (Å²) in [6, 6.07) is -1.82. The Morgan fingerprint density at radius 3 is 2.06 bits per heavy atom. The molecule has 1 aromatic carbocycles. The van der Waals surface area contributed by atoms with Gasteiger partial charge in [0.1, 0.15) is 11.3 Å². The van der Waals surface area contributed by atoms with E-state index in [1.165, 1.54) is 0 Å². The number of rotatable bonds is 3. The number of aromatic hydroxyl groups is 4. The lowest BCUT2D eigenvalue weighted by Gasteiger charge is -2.27. The lowest BCUT2D eigenvalue weighted by Crippen LogP contribution is -2.50. The highest BCUT2D eigenvalue weighted by atomic mass is 16.5. The van der Waals surface area contributed by atoms with E-state index in [1.807, 2.05) is 0 Å². The van der Waals surface area contributed by atoms with Crippen molar-refractivity contribution >= 4 is 5.97 Å². The lowest BCUT2D eigenvalue weighted by atomic mass is 9.96. The highest BCUT2D eigenvalue weighted by molar-refractivity contribution is 5.76. The predicted molar refractivity (Wildman–Crippen MR) is 54.8 cm³/mol. The van der Waals surface area contributed by atoms with Crippen LogP contribution in [-0.4, -0.2) is 47.8 Å². The third-order valence-electron chi connectivity index (χ3n) is 2.30. The van der Waals surface area contributed by atoms with E-state index in [4.69, 9.17) is 15.9 Å². The molecule has 0 saturated carbocycles. The average molecular weight is 261 g/mol. The van der Waals surface area contributed by atoms with Gasteiger partial charge < -0.3 is 41.5 Å². The summed E-state index contributed by atoms with van der Waals surface area (Å²) >= 11 is 0. The molecular formula is C9H11NO8. The van der Waals surface area contributed by atoms with Gasteiger partial charge in [-0.05, 0) is 0 Å². The Hall–Kier alpha value is -2.23. The van der Waals surface area contributed by atoms with Gasteiger partial charge in [-0.3, -0.25) is 4.79 Å². The van der Waals surface area contributed by atoms with Crippen LogP contribution in [0.15, 0.2) is 6.07 Å². The summed E-state index contributed by atoms with van der Waals surface area (Å²) in [7, 11) is 0. The molecule has 18 heavy (non-hydrogen) atoms. The molecule has 9 nitrogen and oxygen atoms in total. The van der Waals surface area contributed by atoms with E-state index in [0.29, 0.717) is 6.07 Å². The molecule has 0 amide bonds. The first-order valence-electron chi connectivity index (χ1n) is 4.51. The first kappa shape index (κ1) is 13.8. The normalized spacial score (nSPS) is 13.3. The molecule has 1 rings (SSSR count). The van der Waals surface area contributed by atoms with Crippen LogP contribution in [-0.2, 0) is 10.6 Å². The van der Waals surface area contributed by atoms with Crippen molar-refractivity contribution in [2.24, 2.45) is 5.73 Å². The zero-order chi connectivity index (χ0) is 14.2. The molecule has 9 heteroatoms. The van der Waals surface area contributed by atoms with E-state index in [0.717, 1.165) is 0 Å². The minimum atomic E-state index is -3.36. The molecule has 0 bridgehead atoms. The van der Waals surface area contributed by atoms with Crippen molar-refractivity contribution in [3.8, 4) is 23.0 Å². The second-order valence-electron chi connectivity index (χ2n) is 3.53. The lowest BCUT2D eigenvalue weighted by molar-refractivity contribution is -0.198. The number of phenolic OH excluding ortho intramolecular Hbond substituents is 4. The number of hydrogen-bond acceptors (Lipinski definition) is 8. The minimum absolute atomic E-state index is 0.486. The summed E-state index contributed by atoms with van der Waals surface area (Å²) in [5, 5.41) is 64.6. The van der Waals surface area contributed by atoms with Gasteiger partial charge in [0, 0.05) is 6.07 Å². The van der Waals surface area contributed by atoms with Gasteiger partial charge in [-0.1, -0.05) is 0 Å². The van der Waals surface area contributed by atoms with E-state index in [9.17, 15) is 30.3 Å². The van der Waals surface area contributed by atoms with Gasteiger partial charge >= 0.3 is 5.97 Å². The van der Waals surface area contributed by atoms with Crippen molar-refractivity contribution in [1.82, 2.24) is 0 Å². The van der Waals surface area contributed by atoms with Crippen molar-refractivity contribution in [3.63, 3.8) is 0 Å². The summed E-state index contributed by atoms with van der Waals surface area (Å²) in [6.07, 6.45) is 0. The Balaban J connectivity index is 3.51. The van der Waals surface area contributed by atoms with E-state index in [2.05, 4.69) is 0 Å². The largest absolute Gasteiger partial charge is 0.507 e. The molecule has 0 radical (unpaired) electrons. The first-order chi connectivity index (χ1) is 8.10. The van der Waals surface area contributed by atoms with Crippen LogP contribution in [0.2, 0.25) is 0 Å². The van der Waals surface area contributed by atoms with Crippen molar-refractivity contribution in [3.05, 3.63) is 11.6 Å². The van der Waals surface area contributed by atoms with Gasteiger partial charge in [0.2, 0.25) is 11.5 Å². The van der Waals surface area contributed by atoms with Gasteiger partial charge in [-0.2, -0.15) is 0 Å². The number of carboxylic acid groups (broad SMARTS) is 1. The van der Waals surface area contributed by atoms with Crippen molar-refractivity contribution in [2.45, 2.75) is 11.8 Å². The molecule has 0 aliphatic heterocycles. The average Bonchev–Trinajstić information content (AvgIpc) is 2.24. The molecule has 100 valence electrons. The number of aliphatic hydroxyl groups is 2. The van der Waals surface area contributed by atoms with E-state index in [-0.39, 0.29) is 0 Å². The van der Waals surface area contributed by atoms with Gasteiger partial charge in [0.25, 0.3) is 0 Å². The highest BCUT2D eigenvalue weighted by Crippen LogP contribution is 2.47. The Bertz CT molecular complexity index is 498. The van der Waals surface area contributed by atoms with Gasteiger partial charge in [-0.25, -0.2) is 0 Å². The summed E-state index contributed by atoms with van der Waals surface area (Å²) < 4.78 is 0. The number of carboxylic acids is 1. The fraction of sp³-hybridized carbons (Fsp3) is 0.222. The zero-order valence-electron chi connectivity index (χ0n) is 8.77. The molecule has 0 saturated heterocycles. The molecule has 0 spiro atoms. The molecule has 0 aliphatic carbocycles. The Labute approximate surface area is 99.6 Å². The van der Waals surface area contributed by atoms with Crippen molar-refractivity contribution in [1.29, 1.82) is 0 Å². The third kappa shape index (κ3) is 1.97. The number of benzene rings is 1. The molecule has 1 aromatic rings. The molecule has 9 N–H and O–H groups in total. The minimum Gasteiger partial charge on any atom is -0.507 e. The monoisotopic (exact) mass is 261 g/mol. The van der Waals surface area contributed by atoms with E-state index < -0.39 is 46.4 Å². The van der Waals surface area contributed by atoms with Gasteiger partial charge in [-0.15, -0.1) is 0 Å². The molecule has 0 aliphatic rings. The number of hydrogen-bond donors (Lipinski definition) is 8. The third-order valence-corrected chi connectivity index (χ3v) is 2.30. The van der Waals surface area contributed by atoms with E-state index >= 15 is 0 Å². The van der Waals surface area contributed by atoms with Crippen LogP contribution in [0.5, 0.6) is 23.0 Å². The SMILES string of the molecule is NC(C(=O)O)C(O)(O)c1c(O)cc(O)c(O)c1O. The van der Waals surface area contributed by atoms with Gasteiger partial charge in [0.15, 0.2) is 17.5 Å². The fourth-order valence-electron chi connectivity index (χ4n) is 1.32. The van der Waals surface area contributed by atoms with Gasteiger partial charge in [0.05, 0.1) is 0 Å². The molecule has 1 atom stereocenters. The molecule has 1 unspecified atom stereocenters. The molecule has 0 heterocycles. The van der Waals surface area contributed by atoms with E-state index in [1.54, 1.807) is 0 Å². The van der Waals surface area contributed by atoms with Crippen LogP contribution in [0, 0.1) is 0 Å².